The maximum atomic E-state index is 6.15. The van der Waals surface area contributed by atoms with E-state index in [-0.39, 0.29) is 0 Å². The van der Waals surface area contributed by atoms with E-state index < -0.39 is 0 Å². The predicted molar refractivity (Wildman–Crippen MR) is 83.4 cm³/mol. The van der Waals surface area contributed by atoms with Crippen LogP contribution >= 0.6 is 11.6 Å². The molecule has 2 aromatic rings. The highest BCUT2D eigenvalue weighted by Gasteiger charge is 2.12. The summed E-state index contributed by atoms with van der Waals surface area (Å²) in [5.74, 6) is 1.20. The van der Waals surface area contributed by atoms with Crippen molar-refractivity contribution in [1.29, 1.82) is 0 Å². The third-order valence-electron chi connectivity index (χ3n) is 3.04. The Hall–Kier alpha value is -2.07. The van der Waals surface area contributed by atoms with E-state index in [2.05, 4.69) is 5.32 Å². The number of nitrogens with one attached hydrogen (secondary N) is 1. The van der Waals surface area contributed by atoms with Gasteiger partial charge in [0.05, 0.1) is 36.3 Å². The molecular formula is C15H17ClN2O2. The lowest BCUT2D eigenvalue weighted by atomic mass is 10.1. The van der Waals surface area contributed by atoms with Crippen molar-refractivity contribution in [2.24, 2.45) is 0 Å². The van der Waals surface area contributed by atoms with Gasteiger partial charge in [-0.2, -0.15) is 0 Å². The molecule has 0 heterocycles. The fraction of sp³-hybridized carbons (Fsp3) is 0.200. The van der Waals surface area contributed by atoms with Crippen LogP contribution in [0.25, 0.3) is 0 Å². The van der Waals surface area contributed by atoms with Gasteiger partial charge in [-0.1, -0.05) is 23.7 Å². The largest absolute Gasteiger partial charge is 0.495 e. The normalized spacial score (nSPS) is 10.2. The molecule has 20 heavy (non-hydrogen) atoms. The van der Waals surface area contributed by atoms with E-state index in [1.807, 2.05) is 25.1 Å². The minimum absolute atomic E-state index is 0.503. The Bertz CT molecular complexity index is 609. The minimum Gasteiger partial charge on any atom is -0.495 e. The van der Waals surface area contributed by atoms with Crippen LogP contribution in [0.5, 0.6) is 11.5 Å². The minimum atomic E-state index is 0.503. The highest BCUT2D eigenvalue weighted by Crippen LogP contribution is 2.38. The zero-order chi connectivity index (χ0) is 14.7. The summed E-state index contributed by atoms with van der Waals surface area (Å²) in [7, 11) is 3.15. The summed E-state index contributed by atoms with van der Waals surface area (Å²) in [6.07, 6.45) is 0. The number of hydrogen-bond acceptors (Lipinski definition) is 4. The number of hydrogen-bond donors (Lipinski definition) is 2. The Morgan fingerprint density at radius 2 is 1.80 bits per heavy atom. The zero-order valence-electron chi connectivity index (χ0n) is 11.7. The first-order valence-electron chi connectivity index (χ1n) is 6.10. The molecule has 0 atom stereocenters. The molecule has 2 aromatic carbocycles. The highest BCUT2D eigenvalue weighted by molar-refractivity contribution is 6.32. The number of ether oxygens (including phenoxy) is 2. The van der Waals surface area contributed by atoms with Crippen LogP contribution in [0.3, 0.4) is 0 Å². The number of benzene rings is 2. The molecule has 0 radical (unpaired) electrons. The van der Waals surface area contributed by atoms with Crippen LogP contribution in [0, 0.1) is 6.92 Å². The van der Waals surface area contributed by atoms with Crippen LogP contribution in [-0.2, 0) is 0 Å². The van der Waals surface area contributed by atoms with Crippen LogP contribution in [0.2, 0.25) is 5.02 Å². The molecule has 0 spiro atoms. The van der Waals surface area contributed by atoms with Crippen molar-refractivity contribution in [3.05, 3.63) is 40.9 Å². The van der Waals surface area contributed by atoms with Gasteiger partial charge in [0.1, 0.15) is 11.5 Å². The number of para-hydroxylation sites is 1. The molecule has 5 heteroatoms. The molecule has 0 saturated heterocycles. The van der Waals surface area contributed by atoms with Crippen molar-refractivity contribution in [3.8, 4) is 11.5 Å². The molecule has 0 aliphatic heterocycles. The Balaban J connectivity index is 2.45. The first kappa shape index (κ1) is 14.3. The lowest BCUT2D eigenvalue weighted by Crippen LogP contribution is -2.01. The quantitative estimate of drug-likeness (QED) is 0.837. The molecular weight excluding hydrogens is 276 g/mol. The number of halogens is 1. The Morgan fingerprint density at radius 3 is 2.40 bits per heavy atom. The number of aryl methyl sites for hydroxylation is 1. The lowest BCUT2D eigenvalue weighted by molar-refractivity contribution is 0.396. The highest BCUT2D eigenvalue weighted by atomic mass is 35.5. The first-order chi connectivity index (χ1) is 9.56. The van der Waals surface area contributed by atoms with Gasteiger partial charge in [0.2, 0.25) is 0 Å². The zero-order valence-corrected chi connectivity index (χ0v) is 12.4. The van der Waals surface area contributed by atoms with Gasteiger partial charge in [0, 0.05) is 6.07 Å². The third kappa shape index (κ3) is 2.75. The molecule has 106 valence electrons. The van der Waals surface area contributed by atoms with Crippen molar-refractivity contribution in [3.63, 3.8) is 0 Å². The van der Waals surface area contributed by atoms with Gasteiger partial charge in [0.15, 0.2) is 0 Å². The van der Waals surface area contributed by atoms with E-state index in [1.54, 1.807) is 26.4 Å². The SMILES string of the molecule is COc1cc(OC)c(Nc2c(C)cccc2N)cc1Cl. The molecule has 0 amide bonds. The van der Waals surface area contributed by atoms with Crippen LogP contribution in [0.4, 0.5) is 17.1 Å². The van der Waals surface area contributed by atoms with E-state index in [0.29, 0.717) is 22.2 Å². The second kappa shape index (κ2) is 5.92. The van der Waals surface area contributed by atoms with E-state index in [9.17, 15) is 0 Å². The number of nitrogens with two attached hydrogens (primary N) is 1. The van der Waals surface area contributed by atoms with E-state index in [4.69, 9.17) is 26.8 Å². The Kier molecular flexibility index (Phi) is 4.25. The maximum Gasteiger partial charge on any atom is 0.146 e. The topological polar surface area (TPSA) is 56.5 Å². The van der Waals surface area contributed by atoms with Crippen molar-refractivity contribution in [2.45, 2.75) is 6.92 Å². The molecule has 0 aliphatic carbocycles. The van der Waals surface area contributed by atoms with Gasteiger partial charge >= 0.3 is 0 Å². The van der Waals surface area contributed by atoms with Crippen molar-refractivity contribution < 1.29 is 9.47 Å². The fourth-order valence-electron chi connectivity index (χ4n) is 1.95. The van der Waals surface area contributed by atoms with Gasteiger partial charge in [-0.05, 0) is 24.6 Å². The summed E-state index contributed by atoms with van der Waals surface area (Å²) < 4.78 is 10.5. The van der Waals surface area contributed by atoms with Gasteiger partial charge in [-0.25, -0.2) is 0 Å². The second-order valence-corrected chi connectivity index (χ2v) is 4.76. The van der Waals surface area contributed by atoms with Crippen molar-refractivity contribution in [2.75, 3.05) is 25.3 Å². The molecule has 4 nitrogen and oxygen atoms in total. The van der Waals surface area contributed by atoms with Gasteiger partial charge in [0.25, 0.3) is 0 Å². The molecule has 3 N–H and O–H groups in total. The lowest BCUT2D eigenvalue weighted by Gasteiger charge is -2.16. The molecule has 2 rings (SSSR count). The Labute approximate surface area is 123 Å². The summed E-state index contributed by atoms with van der Waals surface area (Å²) in [5, 5.41) is 3.76. The van der Waals surface area contributed by atoms with E-state index in [1.165, 1.54) is 0 Å². The summed E-state index contributed by atoms with van der Waals surface area (Å²) in [6.45, 7) is 1.98. The standard InChI is InChI=1S/C15H17ClN2O2/c1-9-5-4-6-11(17)15(9)18-12-7-10(16)13(19-2)8-14(12)20-3/h4-8,18H,17H2,1-3H3. The van der Waals surface area contributed by atoms with Crippen LogP contribution in [0.1, 0.15) is 5.56 Å². The number of anilines is 3. The summed E-state index contributed by atoms with van der Waals surface area (Å²) >= 11 is 6.15. The molecule has 0 aromatic heterocycles. The van der Waals surface area contributed by atoms with Crippen LogP contribution in [-0.4, -0.2) is 14.2 Å². The predicted octanol–water partition coefficient (Wildman–Crippen LogP) is 3.99. The first-order valence-corrected chi connectivity index (χ1v) is 6.48. The summed E-state index contributed by atoms with van der Waals surface area (Å²) in [4.78, 5) is 0. The average molecular weight is 293 g/mol. The van der Waals surface area contributed by atoms with Gasteiger partial charge in [-0.3, -0.25) is 0 Å². The van der Waals surface area contributed by atoms with E-state index in [0.717, 1.165) is 16.9 Å². The number of rotatable bonds is 4. The van der Waals surface area contributed by atoms with Gasteiger partial charge < -0.3 is 20.5 Å². The smallest absolute Gasteiger partial charge is 0.146 e. The van der Waals surface area contributed by atoms with Crippen LogP contribution < -0.4 is 20.5 Å². The van der Waals surface area contributed by atoms with Crippen molar-refractivity contribution >= 4 is 28.7 Å². The van der Waals surface area contributed by atoms with Gasteiger partial charge in [-0.15, -0.1) is 0 Å². The summed E-state index contributed by atoms with van der Waals surface area (Å²) in [6, 6.07) is 9.22. The second-order valence-electron chi connectivity index (χ2n) is 4.35. The fourth-order valence-corrected chi connectivity index (χ4v) is 2.19. The van der Waals surface area contributed by atoms with Crippen molar-refractivity contribution in [1.82, 2.24) is 0 Å². The average Bonchev–Trinajstić information content (AvgIpc) is 2.43. The summed E-state index contributed by atoms with van der Waals surface area (Å²) in [5.41, 5.74) is 9.28. The molecule has 0 bridgehead atoms. The molecule has 0 unspecified atom stereocenters. The number of nitrogen functional groups attached to an aromatic ring is 1. The maximum absolute atomic E-state index is 6.15. The number of methoxy groups -OCH3 is 2. The Morgan fingerprint density at radius 1 is 1.10 bits per heavy atom. The third-order valence-corrected chi connectivity index (χ3v) is 3.33. The van der Waals surface area contributed by atoms with E-state index >= 15 is 0 Å². The molecule has 0 saturated carbocycles. The monoisotopic (exact) mass is 292 g/mol. The molecule has 0 aliphatic rings. The molecule has 0 fully saturated rings. The van der Waals surface area contributed by atoms with Crippen LogP contribution in [0.15, 0.2) is 30.3 Å².